The van der Waals surface area contributed by atoms with Gasteiger partial charge in [0.2, 0.25) is 0 Å². The van der Waals surface area contributed by atoms with Crippen LogP contribution in [0.1, 0.15) is 15.9 Å². The molecule has 1 saturated heterocycles. The minimum absolute atomic E-state index is 0.240. The van der Waals surface area contributed by atoms with Crippen molar-refractivity contribution in [1.82, 2.24) is 10.4 Å². The Kier molecular flexibility index (Phi) is 6.38. The van der Waals surface area contributed by atoms with Crippen molar-refractivity contribution >= 4 is 62.1 Å². The van der Waals surface area contributed by atoms with E-state index in [0.29, 0.717) is 32.0 Å². The second kappa shape index (κ2) is 8.76. The van der Waals surface area contributed by atoms with E-state index in [0.717, 1.165) is 16.8 Å². The molecule has 1 heterocycles. The summed E-state index contributed by atoms with van der Waals surface area (Å²) in [6.45, 7) is 0. The van der Waals surface area contributed by atoms with Crippen molar-refractivity contribution < 1.29 is 19.1 Å². The first-order chi connectivity index (χ1) is 13.4. The molecule has 0 radical (unpaired) electrons. The Morgan fingerprint density at radius 2 is 1.96 bits per heavy atom. The van der Waals surface area contributed by atoms with Crippen molar-refractivity contribution in [1.29, 1.82) is 0 Å². The highest BCUT2D eigenvalue weighted by atomic mass is 79.9. The van der Waals surface area contributed by atoms with E-state index in [1.54, 1.807) is 55.7 Å². The summed E-state index contributed by atoms with van der Waals surface area (Å²) in [4.78, 5) is 25.6. The highest BCUT2D eigenvalue weighted by Gasteiger charge is 2.34. The molecular weight excluding hydrogens is 464 g/mol. The summed E-state index contributed by atoms with van der Waals surface area (Å²) in [6.07, 6.45) is 1.67. The number of carbonyl (C=O) groups excluding carboxylic acids is 2. The minimum Gasteiger partial charge on any atom is -0.497 e. The highest BCUT2D eigenvalue weighted by Crippen LogP contribution is 2.34. The van der Waals surface area contributed by atoms with Crippen LogP contribution in [0.15, 0.2) is 51.8 Å². The molecule has 2 aromatic rings. The van der Waals surface area contributed by atoms with E-state index in [-0.39, 0.29) is 4.32 Å². The van der Waals surface area contributed by atoms with Crippen molar-refractivity contribution in [2.24, 2.45) is 0 Å². The first kappa shape index (κ1) is 20.4. The molecule has 0 aromatic heterocycles. The number of nitrogens with zero attached hydrogens (tertiary/aromatic N) is 1. The zero-order valence-electron chi connectivity index (χ0n) is 14.9. The lowest BCUT2D eigenvalue weighted by molar-refractivity contribution is -0.123. The first-order valence-electron chi connectivity index (χ1n) is 8.00. The summed E-state index contributed by atoms with van der Waals surface area (Å²) in [5, 5.41) is 1.07. The molecule has 144 valence electrons. The number of hydrogen-bond acceptors (Lipinski definition) is 6. The van der Waals surface area contributed by atoms with Crippen molar-refractivity contribution in [3.63, 3.8) is 0 Å². The molecule has 1 N–H and O–H groups in total. The quantitative estimate of drug-likeness (QED) is 0.517. The Bertz CT molecular complexity index is 994. The number of hydrazine groups is 1. The number of thiocarbonyl (C=S) groups is 1. The Hall–Kier alpha value is -2.36. The normalized spacial score (nSPS) is 15.1. The van der Waals surface area contributed by atoms with E-state index in [9.17, 15) is 9.59 Å². The molecule has 0 saturated carbocycles. The molecule has 0 unspecified atom stereocenters. The fourth-order valence-corrected chi connectivity index (χ4v) is 4.09. The highest BCUT2D eigenvalue weighted by molar-refractivity contribution is 9.10. The number of rotatable bonds is 5. The Labute approximate surface area is 180 Å². The average molecular weight is 479 g/mol. The van der Waals surface area contributed by atoms with Crippen LogP contribution < -0.4 is 14.9 Å². The molecule has 9 heteroatoms. The lowest BCUT2D eigenvalue weighted by Gasteiger charge is -2.16. The van der Waals surface area contributed by atoms with Crippen LogP contribution >= 0.6 is 39.9 Å². The van der Waals surface area contributed by atoms with Gasteiger partial charge in [0.05, 0.1) is 24.7 Å². The maximum absolute atomic E-state index is 12.8. The number of benzene rings is 2. The van der Waals surface area contributed by atoms with Gasteiger partial charge in [-0.2, -0.15) is 5.01 Å². The predicted molar refractivity (Wildman–Crippen MR) is 116 cm³/mol. The number of hydrogen-bond donors (Lipinski definition) is 1. The molecule has 3 rings (SSSR count). The van der Waals surface area contributed by atoms with Crippen LogP contribution in [0, 0.1) is 0 Å². The van der Waals surface area contributed by atoms with Gasteiger partial charge >= 0.3 is 0 Å². The van der Waals surface area contributed by atoms with Crippen molar-refractivity contribution in [2.75, 3.05) is 14.2 Å². The topological polar surface area (TPSA) is 67.9 Å². The number of nitrogens with one attached hydrogen (secondary N) is 1. The Balaban J connectivity index is 1.83. The second-order valence-corrected chi connectivity index (χ2v) is 8.08. The number of thioether (sulfide) groups is 1. The van der Waals surface area contributed by atoms with E-state index in [4.69, 9.17) is 21.7 Å². The number of carbonyl (C=O) groups is 2. The molecule has 1 fully saturated rings. The van der Waals surface area contributed by atoms with Crippen LogP contribution in [0.3, 0.4) is 0 Å². The van der Waals surface area contributed by atoms with Gasteiger partial charge in [-0.15, -0.1) is 0 Å². The lowest BCUT2D eigenvalue weighted by Crippen LogP contribution is -2.44. The molecule has 28 heavy (non-hydrogen) atoms. The Morgan fingerprint density at radius 1 is 1.21 bits per heavy atom. The molecule has 1 aliphatic heterocycles. The van der Waals surface area contributed by atoms with Gasteiger partial charge in [0.15, 0.2) is 4.32 Å². The van der Waals surface area contributed by atoms with Gasteiger partial charge in [0.1, 0.15) is 11.5 Å². The number of amides is 2. The molecule has 1 aliphatic rings. The zero-order chi connectivity index (χ0) is 20.3. The Morgan fingerprint density at radius 3 is 2.64 bits per heavy atom. The third-order valence-corrected chi connectivity index (χ3v) is 5.85. The van der Waals surface area contributed by atoms with Crippen LogP contribution in [-0.2, 0) is 4.79 Å². The fraction of sp³-hybridized carbons (Fsp3) is 0.105. The molecular formula is C19H15BrN2O4S2. The van der Waals surface area contributed by atoms with E-state index in [2.05, 4.69) is 21.4 Å². The van der Waals surface area contributed by atoms with Gasteiger partial charge in [0.25, 0.3) is 11.8 Å². The molecule has 0 spiro atoms. The van der Waals surface area contributed by atoms with Gasteiger partial charge in [-0.05, 0) is 58.5 Å². The third kappa shape index (κ3) is 4.21. The van der Waals surface area contributed by atoms with Crippen molar-refractivity contribution in [3.05, 3.63) is 63.0 Å². The number of ether oxygens (including phenoxy) is 2. The predicted octanol–water partition coefficient (Wildman–Crippen LogP) is 4.01. The molecule has 2 amide bonds. The standard InChI is InChI=1S/C19H15BrN2O4S2/c1-25-12-8-7-11(15(10-12)26-2)9-16-18(24)22(19(27)28-16)21-17(23)13-5-3-4-6-14(13)20/h3-10H,1-2H3,(H,21,23)/b16-9-. The van der Waals surface area contributed by atoms with E-state index >= 15 is 0 Å². The van der Waals surface area contributed by atoms with Crippen LogP contribution in [-0.4, -0.2) is 35.4 Å². The van der Waals surface area contributed by atoms with Crippen LogP contribution in [0.5, 0.6) is 11.5 Å². The SMILES string of the molecule is COc1ccc(/C=C2\SC(=S)N(NC(=O)c3ccccc3Br)C2=O)c(OC)c1. The van der Waals surface area contributed by atoms with Gasteiger partial charge in [0, 0.05) is 16.1 Å². The van der Waals surface area contributed by atoms with Gasteiger partial charge in [-0.3, -0.25) is 15.0 Å². The molecule has 0 aliphatic carbocycles. The summed E-state index contributed by atoms with van der Waals surface area (Å²) < 4.78 is 11.4. The molecule has 2 aromatic carbocycles. The second-order valence-electron chi connectivity index (χ2n) is 5.55. The number of methoxy groups -OCH3 is 2. The smallest absolute Gasteiger partial charge is 0.285 e. The first-order valence-corrected chi connectivity index (χ1v) is 10.0. The van der Waals surface area contributed by atoms with Crippen LogP contribution in [0.25, 0.3) is 6.08 Å². The number of halogens is 1. The fourth-order valence-electron chi connectivity index (χ4n) is 2.45. The molecule has 0 bridgehead atoms. The maximum Gasteiger partial charge on any atom is 0.285 e. The average Bonchev–Trinajstić information content (AvgIpc) is 2.96. The van der Waals surface area contributed by atoms with Gasteiger partial charge in [-0.1, -0.05) is 23.9 Å². The minimum atomic E-state index is -0.438. The van der Waals surface area contributed by atoms with Crippen LogP contribution in [0.4, 0.5) is 0 Å². The van der Waals surface area contributed by atoms with Crippen molar-refractivity contribution in [2.45, 2.75) is 0 Å². The zero-order valence-corrected chi connectivity index (χ0v) is 18.1. The summed E-state index contributed by atoms with van der Waals surface area (Å²) in [7, 11) is 3.10. The van der Waals surface area contributed by atoms with Crippen LogP contribution in [0.2, 0.25) is 0 Å². The van der Waals surface area contributed by atoms with Crippen molar-refractivity contribution in [3.8, 4) is 11.5 Å². The molecule has 0 atom stereocenters. The van der Waals surface area contributed by atoms with E-state index in [1.165, 1.54) is 7.11 Å². The van der Waals surface area contributed by atoms with E-state index in [1.807, 2.05) is 0 Å². The lowest BCUT2D eigenvalue weighted by atomic mass is 10.1. The monoisotopic (exact) mass is 478 g/mol. The summed E-state index contributed by atoms with van der Waals surface area (Å²) in [5.74, 6) is 0.351. The van der Waals surface area contributed by atoms with E-state index < -0.39 is 11.8 Å². The maximum atomic E-state index is 12.8. The summed E-state index contributed by atoms with van der Waals surface area (Å²) >= 11 is 9.69. The molecule has 6 nitrogen and oxygen atoms in total. The largest absolute Gasteiger partial charge is 0.497 e. The van der Waals surface area contributed by atoms with Gasteiger partial charge < -0.3 is 9.47 Å². The van der Waals surface area contributed by atoms with Gasteiger partial charge in [-0.25, -0.2) is 0 Å². The summed E-state index contributed by atoms with van der Waals surface area (Å²) in [6, 6.07) is 12.2. The summed E-state index contributed by atoms with van der Waals surface area (Å²) in [5.41, 5.74) is 3.65. The third-order valence-electron chi connectivity index (χ3n) is 3.85.